The standard InChI is InChI=1S/C15H9F6N3O5S2/c16-14(17,18)30(25,26)23-9-3-1-8(2-4-9)13-22-11-7-10(5-6-12(11)29-13)24-31(27,28)15(19,20)21/h1-7,23-24H. The first-order chi connectivity index (χ1) is 14.1. The molecule has 2 aromatic carbocycles. The van der Waals surface area contributed by atoms with Gasteiger partial charge in [0.05, 0.1) is 5.69 Å². The van der Waals surface area contributed by atoms with Crippen molar-refractivity contribution in [1.82, 2.24) is 4.98 Å². The molecule has 1 aromatic heterocycles. The van der Waals surface area contributed by atoms with Gasteiger partial charge in [0.25, 0.3) is 0 Å². The van der Waals surface area contributed by atoms with Crippen molar-refractivity contribution in [3.63, 3.8) is 0 Å². The highest BCUT2D eigenvalue weighted by Crippen LogP contribution is 2.30. The Bertz CT molecular complexity index is 1330. The van der Waals surface area contributed by atoms with Crippen molar-refractivity contribution in [2.45, 2.75) is 11.0 Å². The zero-order valence-corrected chi connectivity index (χ0v) is 16.2. The van der Waals surface area contributed by atoms with Crippen LogP contribution in [0.3, 0.4) is 0 Å². The molecule has 0 unspecified atom stereocenters. The largest absolute Gasteiger partial charge is 0.516 e. The predicted octanol–water partition coefficient (Wildman–Crippen LogP) is 4.02. The number of nitrogens with one attached hydrogen (secondary N) is 2. The van der Waals surface area contributed by atoms with Gasteiger partial charge in [-0.2, -0.15) is 43.2 Å². The average molecular weight is 489 g/mol. The summed E-state index contributed by atoms with van der Waals surface area (Å²) in [4.78, 5) is 3.98. The fraction of sp³-hybridized carbons (Fsp3) is 0.133. The summed E-state index contributed by atoms with van der Waals surface area (Å²) in [6, 6.07) is 7.55. The summed E-state index contributed by atoms with van der Waals surface area (Å²) < 4.78 is 127. The van der Waals surface area contributed by atoms with Crippen LogP contribution in [-0.2, 0) is 20.0 Å². The van der Waals surface area contributed by atoms with Crippen LogP contribution in [0.25, 0.3) is 22.6 Å². The molecule has 0 saturated heterocycles. The van der Waals surface area contributed by atoms with E-state index < -0.39 is 36.8 Å². The molecule has 2 N–H and O–H groups in total. The number of aromatic nitrogens is 1. The maximum absolute atomic E-state index is 12.5. The minimum absolute atomic E-state index is 0.0146. The van der Waals surface area contributed by atoms with Crippen molar-refractivity contribution < 1.29 is 47.6 Å². The highest BCUT2D eigenvalue weighted by Gasteiger charge is 2.46. The molecule has 0 aliphatic carbocycles. The molecule has 16 heteroatoms. The Morgan fingerprint density at radius 1 is 0.742 bits per heavy atom. The number of halogens is 6. The lowest BCUT2D eigenvalue weighted by Gasteiger charge is -2.10. The third-order valence-corrected chi connectivity index (χ3v) is 5.86. The van der Waals surface area contributed by atoms with Gasteiger partial charge in [0.2, 0.25) is 5.89 Å². The van der Waals surface area contributed by atoms with Gasteiger partial charge < -0.3 is 4.42 Å². The zero-order chi connectivity index (χ0) is 23.2. The summed E-state index contributed by atoms with van der Waals surface area (Å²) in [6.45, 7) is 0. The predicted molar refractivity (Wildman–Crippen MR) is 96.6 cm³/mol. The van der Waals surface area contributed by atoms with Crippen LogP contribution in [0.5, 0.6) is 0 Å². The molecule has 1 heterocycles. The van der Waals surface area contributed by atoms with E-state index in [9.17, 15) is 43.2 Å². The number of hydrogen-bond acceptors (Lipinski definition) is 6. The quantitative estimate of drug-likeness (QED) is 0.523. The zero-order valence-electron chi connectivity index (χ0n) is 14.6. The Morgan fingerprint density at radius 3 is 1.74 bits per heavy atom. The maximum atomic E-state index is 12.5. The van der Waals surface area contributed by atoms with Gasteiger partial charge in [0.1, 0.15) is 5.52 Å². The molecule has 0 radical (unpaired) electrons. The van der Waals surface area contributed by atoms with E-state index in [-0.39, 0.29) is 28.2 Å². The van der Waals surface area contributed by atoms with Crippen LogP contribution >= 0.6 is 0 Å². The first-order valence-corrected chi connectivity index (χ1v) is 10.7. The van der Waals surface area contributed by atoms with Gasteiger partial charge in [0, 0.05) is 11.3 Å². The van der Waals surface area contributed by atoms with Crippen molar-refractivity contribution in [2.24, 2.45) is 0 Å². The number of hydrogen-bond donors (Lipinski definition) is 2. The van der Waals surface area contributed by atoms with Gasteiger partial charge in [-0.1, -0.05) is 0 Å². The van der Waals surface area contributed by atoms with Crippen molar-refractivity contribution in [2.75, 3.05) is 9.44 Å². The van der Waals surface area contributed by atoms with E-state index in [1.165, 1.54) is 21.6 Å². The molecule has 0 bridgehead atoms. The minimum Gasteiger partial charge on any atom is -0.436 e. The van der Waals surface area contributed by atoms with Gasteiger partial charge in [-0.25, -0.2) is 4.98 Å². The SMILES string of the molecule is O=S(=O)(Nc1ccc(-c2nc3cc(NS(=O)(=O)C(F)(F)F)ccc3o2)cc1)C(F)(F)F. The van der Waals surface area contributed by atoms with E-state index >= 15 is 0 Å². The molecule has 0 fully saturated rings. The number of alkyl halides is 6. The Balaban J connectivity index is 1.86. The molecule has 0 amide bonds. The molecule has 0 aliphatic rings. The molecule has 31 heavy (non-hydrogen) atoms. The number of benzene rings is 2. The van der Waals surface area contributed by atoms with E-state index in [1.807, 2.05) is 0 Å². The average Bonchev–Trinajstić information content (AvgIpc) is 3.03. The molecule has 3 rings (SSSR count). The molecule has 3 aromatic rings. The number of oxazole rings is 1. The highest BCUT2D eigenvalue weighted by molar-refractivity contribution is 7.93. The smallest absolute Gasteiger partial charge is 0.436 e. The first-order valence-electron chi connectivity index (χ1n) is 7.78. The summed E-state index contributed by atoms with van der Waals surface area (Å²) in [5, 5.41) is 0. The third-order valence-electron chi connectivity index (χ3n) is 3.63. The summed E-state index contributed by atoms with van der Waals surface area (Å²) in [5.41, 5.74) is -11.6. The van der Waals surface area contributed by atoms with E-state index in [4.69, 9.17) is 4.42 Å². The Kier molecular flexibility index (Phi) is 5.34. The lowest BCUT2D eigenvalue weighted by atomic mass is 10.2. The molecule has 0 saturated carbocycles. The van der Waals surface area contributed by atoms with Crippen molar-refractivity contribution >= 4 is 42.5 Å². The highest BCUT2D eigenvalue weighted by atomic mass is 32.2. The molecule has 168 valence electrons. The monoisotopic (exact) mass is 489 g/mol. The number of rotatable bonds is 5. The van der Waals surface area contributed by atoms with Crippen LogP contribution < -0.4 is 9.44 Å². The second-order valence-electron chi connectivity index (χ2n) is 5.88. The molecule has 8 nitrogen and oxygen atoms in total. The fourth-order valence-corrected chi connectivity index (χ4v) is 3.34. The number of nitrogens with zero attached hydrogens (tertiary/aromatic N) is 1. The molecule has 0 atom stereocenters. The maximum Gasteiger partial charge on any atom is 0.516 e. The van der Waals surface area contributed by atoms with Crippen LogP contribution in [0.1, 0.15) is 0 Å². The Labute approximate surface area is 170 Å². The minimum atomic E-state index is -5.64. The van der Waals surface area contributed by atoms with Crippen LogP contribution in [0.2, 0.25) is 0 Å². The second-order valence-corrected chi connectivity index (χ2v) is 9.23. The van der Waals surface area contributed by atoms with E-state index in [2.05, 4.69) is 4.98 Å². The summed E-state index contributed by atoms with van der Waals surface area (Å²) in [7, 11) is -11.2. The Morgan fingerprint density at radius 2 is 1.23 bits per heavy atom. The fourth-order valence-electron chi connectivity index (χ4n) is 2.22. The molecular formula is C15H9F6N3O5S2. The van der Waals surface area contributed by atoms with E-state index in [1.54, 1.807) is 0 Å². The summed E-state index contributed by atoms with van der Waals surface area (Å²) in [6.07, 6.45) is 0. The van der Waals surface area contributed by atoms with Gasteiger partial charge in [-0.15, -0.1) is 0 Å². The van der Waals surface area contributed by atoms with Gasteiger partial charge in [-0.3, -0.25) is 9.44 Å². The summed E-state index contributed by atoms with van der Waals surface area (Å²) in [5.74, 6) is -0.101. The van der Waals surface area contributed by atoms with Gasteiger partial charge >= 0.3 is 31.1 Å². The Hall–Kier alpha value is -3.01. The van der Waals surface area contributed by atoms with Crippen LogP contribution in [-0.4, -0.2) is 32.8 Å². The van der Waals surface area contributed by atoms with Crippen molar-refractivity contribution in [3.8, 4) is 11.5 Å². The second kappa shape index (κ2) is 7.30. The van der Waals surface area contributed by atoms with Crippen molar-refractivity contribution in [3.05, 3.63) is 42.5 Å². The first kappa shape index (κ1) is 22.7. The van der Waals surface area contributed by atoms with Crippen molar-refractivity contribution in [1.29, 1.82) is 0 Å². The van der Waals surface area contributed by atoms with Gasteiger partial charge in [0.15, 0.2) is 5.58 Å². The number of sulfonamides is 2. The van der Waals surface area contributed by atoms with Gasteiger partial charge in [-0.05, 0) is 42.5 Å². The third kappa shape index (κ3) is 4.68. The van der Waals surface area contributed by atoms with Crippen LogP contribution in [0.15, 0.2) is 46.9 Å². The summed E-state index contributed by atoms with van der Waals surface area (Å²) >= 11 is 0. The number of fused-ring (bicyclic) bond motifs is 1. The lowest BCUT2D eigenvalue weighted by molar-refractivity contribution is -0.0435. The topological polar surface area (TPSA) is 118 Å². The molecule has 0 aliphatic heterocycles. The number of anilines is 2. The normalized spacial score (nSPS) is 13.4. The van der Waals surface area contributed by atoms with E-state index in [0.717, 1.165) is 30.3 Å². The van der Waals surface area contributed by atoms with Crippen LogP contribution in [0, 0.1) is 0 Å². The molecule has 0 spiro atoms. The molecular weight excluding hydrogens is 480 g/mol. The van der Waals surface area contributed by atoms with E-state index in [0.29, 0.717) is 0 Å². The lowest BCUT2D eigenvalue weighted by Crippen LogP contribution is -2.29. The van der Waals surface area contributed by atoms with Crippen LogP contribution in [0.4, 0.5) is 37.7 Å².